The molecule has 0 aromatic heterocycles. The molecule has 0 amide bonds. The van der Waals surface area contributed by atoms with E-state index in [-0.39, 0.29) is 6.61 Å². The molecule has 0 radical (unpaired) electrons. The summed E-state index contributed by atoms with van der Waals surface area (Å²) in [5.41, 5.74) is 0.210. The standard InChI is InChI=1S/C15H18O3/c1-2-3-6-9-15(14(16)17)10-12-7-4-5-8-13(12)18-11-15/h2,4-5,7-8H,1,3,6,9-11H2,(H,16,17). The van der Waals surface area contributed by atoms with Crippen molar-refractivity contribution in [2.45, 2.75) is 25.7 Å². The molecule has 1 heterocycles. The predicted octanol–water partition coefficient (Wildman–Crippen LogP) is 3.05. The van der Waals surface area contributed by atoms with Gasteiger partial charge in [-0.15, -0.1) is 6.58 Å². The van der Waals surface area contributed by atoms with Crippen LogP contribution in [0.15, 0.2) is 36.9 Å². The van der Waals surface area contributed by atoms with E-state index in [2.05, 4.69) is 6.58 Å². The van der Waals surface area contributed by atoms with Gasteiger partial charge in [-0.1, -0.05) is 24.3 Å². The van der Waals surface area contributed by atoms with E-state index in [0.717, 1.165) is 24.2 Å². The third-order valence-electron chi connectivity index (χ3n) is 3.52. The summed E-state index contributed by atoms with van der Waals surface area (Å²) < 4.78 is 5.62. The van der Waals surface area contributed by atoms with Gasteiger partial charge in [0.25, 0.3) is 0 Å². The summed E-state index contributed by atoms with van der Waals surface area (Å²) in [7, 11) is 0. The number of hydrogen-bond donors (Lipinski definition) is 1. The van der Waals surface area contributed by atoms with Gasteiger partial charge < -0.3 is 9.84 Å². The second-order valence-corrected chi connectivity index (χ2v) is 4.84. The summed E-state index contributed by atoms with van der Waals surface area (Å²) in [4.78, 5) is 11.6. The lowest BCUT2D eigenvalue weighted by Gasteiger charge is -2.34. The number of fused-ring (bicyclic) bond motifs is 1. The van der Waals surface area contributed by atoms with Gasteiger partial charge in [0.05, 0.1) is 0 Å². The molecule has 1 atom stereocenters. The molecule has 18 heavy (non-hydrogen) atoms. The van der Waals surface area contributed by atoms with E-state index in [1.54, 1.807) is 0 Å². The second kappa shape index (κ2) is 5.25. The molecule has 1 N–H and O–H groups in total. The fraction of sp³-hybridized carbons (Fsp3) is 0.400. The van der Waals surface area contributed by atoms with E-state index >= 15 is 0 Å². The molecule has 0 saturated heterocycles. The van der Waals surface area contributed by atoms with Crippen LogP contribution < -0.4 is 4.74 Å². The summed E-state index contributed by atoms with van der Waals surface area (Å²) in [6.07, 6.45) is 4.68. The highest BCUT2D eigenvalue weighted by atomic mass is 16.5. The van der Waals surface area contributed by atoms with Gasteiger partial charge in [0.2, 0.25) is 0 Å². The first kappa shape index (κ1) is 12.7. The molecule has 0 aliphatic carbocycles. The molecule has 1 aromatic rings. The molecule has 3 nitrogen and oxygen atoms in total. The molecular formula is C15H18O3. The van der Waals surface area contributed by atoms with Crippen LogP contribution in [0.5, 0.6) is 5.75 Å². The van der Waals surface area contributed by atoms with Crippen molar-refractivity contribution >= 4 is 5.97 Å². The Morgan fingerprint density at radius 2 is 2.28 bits per heavy atom. The Hall–Kier alpha value is -1.77. The quantitative estimate of drug-likeness (QED) is 0.641. The van der Waals surface area contributed by atoms with Crippen molar-refractivity contribution in [1.82, 2.24) is 0 Å². The van der Waals surface area contributed by atoms with Crippen molar-refractivity contribution in [2.24, 2.45) is 5.41 Å². The fourth-order valence-corrected chi connectivity index (χ4v) is 2.41. The number of benzene rings is 1. The number of unbranched alkanes of at least 4 members (excludes halogenated alkanes) is 1. The fourth-order valence-electron chi connectivity index (χ4n) is 2.41. The number of rotatable bonds is 5. The normalized spacial score (nSPS) is 21.8. The van der Waals surface area contributed by atoms with Gasteiger partial charge in [-0.2, -0.15) is 0 Å². The first-order chi connectivity index (χ1) is 8.68. The molecule has 0 spiro atoms. The van der Waals surface area contributed by atoms with E-state index in [0.29, 0.717) is 12.8 Å². The smallest absolute Gasteiger partial charge is 0.313 e. The van der Waals surface area contributed by atoms with Crippen LogP contribution in [0.1, 0.15) is 24.8 Å². The number of aliphatic carboxylic acids is 1. The van der Waals surface area contributed by atoms with E-state index in [1.807, 2.05) is 30.3 Å². The zero-order chi connectivity index (χ0) is 13.0. The van der Waals surface area contributed by atoms with Gasteiger partial charge in [0.15, 0.2) is 0 Å². The summed E-state index contributed by atoms with van der Waals surface area (Å²) in [5, 5.41) is 9.51. The maximum Gasteiger partial charge on any atom is 0.313 e. The average Bonchev–Trinajstić information content (AvgIpc) is 2.38. The Morgan fingerprint density at radius 1 is 1.50 bits per heavy atom. The Morgan fingerprint density at radius 3 is 3.00 bits per heavy atom. The molecule has 0 bridgehead atoms. The minimum Gasteiger partial charge on any atom is -0.492 e. The maximum atomic E-state index is 11.6. The summed E-state index contributed by atoms with van der Waals surface area (Å²) in [6, 6.07) is 7.67. The molecule has 1 unspecified atom stereocenters. The van der Waals surface area contributed by atoms with Crippen molar-refractivity contribution < 1.29 is 14.6 Å². The molecule has 3 heteroatoms. The lowest BCUT2D eigenvalue weighted by Crippen LogP contribution is -2.42. The van der Waals surface area contributed by atoms with Crippen LogP contribution in [0.25, 0.3) is 0 Å². The van der Waals surface area contributed by atoms with Crippen LogP contribution >= 0.6 is 0 Å². The zero-order valence-electron chi connectivity index (χ0n) is 10.4. The first-order valence-electron chi connectivity index (χ1n) is 6.23. The largest absolute Gasteiger partial charge is 0.492 e. The SMILES string of the molecule is C=CCCCC1(C(=O)O)COc2ccccc2C1. The highest BCUT2D eigenvalue weighted by Gasteiger charge is 2.42. The van der Waals surface area contributed by atoms with E-state index in [1.165, 1.54) is 0 Å². The van der Waals surface area contributed by atoms with Crippen LogP contribution in [0.2, 0.25) is 0 Å². The van der Waals surface area contributed by atoms with Crippen molar-refractivity contribution in [3.8, 4) is 5.75 Å². The van der Waals surface area contributed by atoms with Crippen molar-refractivity contribution in [3.63, 3.8) is 0 Å². The molecule has 0 fully saturated rings. The molecular weight excluding hydrogens is 228 g/mol. The van der Waals surface area contributed by atoms with E-state index in [4.69, 9.17) is 4.74 Å². The molecule has 2 rings (SSSR count). The van der Waals surface area contributed by atoms with Gasteiger partial charge in [-0.05, 0) is 37.3 Å². The van der Waals surface area contributed by atoms with Gasteiger partial charge in [0, 0.05) is 0 Å². The van der Waals surface area contributed by atoms with Crippen molar-refractivity contribution in [3.05, 3.63) is 42.5 Å². The molecule has 1 aromatic carbocycles. The number of carboxylic acid groups (broad SMARTS) is 1. The summed E-state index contributed by atoms with van der Waals surface area (Å²) in [6.45, 7) is 3.93. The summed E-state index contributed by atoms with van der Waals surface area (Å²) in [5.74, 6) is 0.0548. The molecule has 96 valence electrons. The summed E-state index contributed by atoms with van der Waals surface area (Å²) >= 11 is 0. The van der Waals surface area contributed by atoms with Crippen LogP contribution in [0.3, 0.4) is 0 Å². The van der Waals surface area contributed by atoms with Crippen LogP contribution in [0.4, 0.5) is 0 Å². The third-order valence-corrected chi connectivity index (χ3v) is 3.52. The lowest BCUT2D eigenvalue weighted by atomic mass is 9.76. The third kappa shape index (κ3) is 2.40. The minimum absolute atomic E-state index is 0.260. The van der Waals surface area contributed by atoms with Crippen molar-refractivity contribution in [2.75, 3.05) is 6.61 Å². The highest BCUT2D eigenvalue weighted by molar-refractivity contribution is 5.76. The topological polar surface area (TPSA) is 46.5 Å². The molecule has 1 aliphatic rings. The van der Waals surface area contributed by atoms with Gasteiger partial charge in [0.1, 0.15) is 17.8 Å². The monoisotopic (exact) mass is 246 g/mol. The van der Waals surface area contributed by atoms with Gasteiger partial charge in [-0.3, -0.25) is 4.79 Å². The number of hydrogen-bond acceptors (Lipinski definition) is 2. The Kier molecular flexibility index (Phi) is 3.70. The average molecular weight is 246 g/mol. The molecule has 1 aliphatic heterocycles. The molecule has 0 saturated carbocycles. The zero-order valence-corrected chi connectivity index (χ0v) is 10.4. The number of allylic oxidation sites excluding steroid dienone is 1. The van der Waals surface area contributed by atoms with Gasteiger partial charge >= 0.3 is 5.97 Å². The number of ether oxygens (including phenoxy) is 1. The second-order valence-electron chi connectivity index (χ2n) is 4.84. The van der Waals surface area contributed by atoms with Crippen LogP contribution in [-0.2, 0) is 11.2 Å². The van der Waals surface area contributed by atoms with Crippen molar-refractivity contribution in [1.29, 1.82) is 0 Å². The Bertz CT molecular complexity index is 453. The van der Waals surface area contributed by atoms with E-state index in [9.17, 15) is 9.90 Å². The van der Waals surface area contributed by atoms with Crippen LogP contribution in [0, 0.1) is 5.41 Å². The van der Waals surface area contributed by atoms with Crippen LogP contribution in [-0.4, -0.2) is 17.7 Å². The first-order valence-corrected chi connectivity index (χ1v) is 6.23. The Balaban J connectivity index is 2.18. The lowest BCUT2D eigenvalue weighted by molar-refractivity contribution is -0.152. The van der Waals surface area contributed by atoms with Gasteiger partial charge in [-0.25, -0.2) is 0 Å². The Labute approximate surface area is 107 Å². The number of carbonyl (C=O) groups is 1. The number of para-hydroxylation sites is 1. The highest BCUT2D eigenvalue weighted by Crippen LogP contribution is 2.38. The minimum atomic E-state index is -0.780. The van der Waals surface area contributed by atoms with E-state index < -0.39 is 11.4 Å². The predicted molar refractivity (Wildman–Crippen MR) is 69.8 cm³/mol. The number of carboxylic acids is 1. The maximum absolute atomic E-state index is 11.6.